The van der Waals surface area contributed by atoms with Crippen LogP contribution < -0.4 is 0 Å². The highest BCUT2D eigenvalue weighted by Gasteiger charge is 2.28. The van der Waals surface area contributed by atoms with Crippen molar-refractivity contribution in [1.82, 2.24) is 0 Å². The Morgan fingerprint density at radius 3 is 1.11 bits per heavy atom. The largest absolute Gasteiger partial charge is 0.472 e. The summed E-state index contributed by atoms with van der Waals surface area (Å²) in [6.45, 7) is 4.13. The van der Waals surface area contributed by atoms with Crippen molar-refractivity contribution in [2.24, 2.45) is 0 Å². The van der Waals surface area contributed by atoms with E-state index in [0.29, 0.717) is 25.7 Å². The Morgan fingerprint density at radius 2 is 0.689 bits per heavy atom. The Morgan fingerprint density at radius 1 is 0.378 bits per heavy atom. The molecule has 0 heterocycles. The van der Waals surface area contributed by atoms with Crippen molar-refractivity contribution < 1.29 is 52.2 Å². The topological polar surface area (TPSA) is 155 Å². The normalized spacial score (nSPS) is 14.5. The van der Waals surface area contributed by atoms with Gasteiger partial charge in [0, 0.05) is 19.3 Å². The molecule has 0 saturated carbocycles. The predicted molar refractivity (Wildman–Crippen MR) is 306 cm³/mol. The smallest absolute Gasteiger partial charge is 0.462 e. The van der Waals surface area contributed by atoms with Crippen molar-refractivity contribution in [2.75, 3.05) is 26.4 Å². The lowest BCUT2D eigenvalue weighted by molar-refractivity contribution is -0.161. The van der Waals surface area contributed by atoms with Crippen LogP contribution in [-0.2, 0) is 42.2 Å². The van der Waals surface area contributed by atoms with Crippen LogP contribution in [0.25, 0.3) is 0 Å². The number of hydrogen-bond donors (Lipinski definition) is 2. The third-order valence-corrected chi connectivity index (χ3v) is 11.7. The van der Waals surface area contributed by atoms with Gasteiger partial charge in [0.05, 0.1) is 19.8 Å². The van der Waals surface area contributed by atoms with Crippen molar-refractivity contribution in [3.8, 4) is 0 Å². The predicted octanol–water partition coefficient (Wildman–Crippen LogP) is 16.4. The maximum Gasteiger partial charge on any atom is 0.472 e. The van der Waals surface area contributed by atoms with Gasteiger partial charge < -0.3 is 24.2 Å². The highest BCUT2D eigenvalue weighted by atomic mass is 31.2. The van der Waals surface area contributed by atoms with E-state index in [0.717, 1.165) is 122 Å². The van der Waals surface area contributed by atoms with Gasteiger partial charge in [-0.1, -0.05) is 192 Å². The number of aliphatic hydroxyl groups is 1. The minimum atomic E-state index is -4.79. The number of ether oxygens (including phenoxy) is 3. The highest BCUT2D eigenvalue weighted by Crippen LogP contribution is 2.43. The highest BCUT2D eigenvalue weighted by molar-refractivity contribution is 7.47. The van der Waals surface area contributed by atoms with Gasteiger partial charge >= 0.3 is 25.7 Å². The zero-order valence-electron chi connectivity index (χ0n) is 45.7. The second-order valence-electron chi connectivity index (χ2n) is 17.6. The molecule has 0 aliphatic rings. The summed E-state index contributed by atoms with van der Waals surface area (Å²) in [6, 6.07) is 0. The number of phosphoric acid groups is 1. The van der Waals surface area contributed by atoms with Crippen molar-refractivity contribution in [2.45, 2.75) is 200 Å². The Kier molecular flexibility index (Phi) is 51.2. The van der Waals surface area contributed by atoms with E-state index in [9.17, 15) is 28.9 Å². The first-order valence-corrected chi connectivity index (χ1v) is 29.2. The van der Waals surface area contributed by atoms with Crippen LogP contribution in [0.2, 0.25) is 0 Å². The van der Waals surface area contributed by atoms with Gasteiger partial charge in [0.1, 0.15) is 12.7 Å². The molecule has 0 aliphatic carbocycles. The summed E-state index contributed by atoms with van der Waals surface area (Å²) in [5, 5.41) is 9.80. The van der Waals surface area contributed by atoms with Gasteiger partial charge in [-0.15, -0.1) is 0 Å². The zero-order chi connectivity index (χ0) is 54.1. The number of phosphoric ester groups is 1. The van der Waals surface area contributed by atoms with Crippen molar-refractivity contribution in [3.63, 3.8) is 0 Å². The number of hydrogen-bond acceptors (Lipinski definition) is 10. The molecule has 2 N–H and O–H groups in total. The summed E-state index contributed by atoms with van der Waals surface area (Å²) in [5.74, 6) is -1.64. The summed E-state index contributed by atoms with van der Waals surface area (Å²) in [5.41, 5.74) is 0. The lowest BCUT2D eigenvalue weighted by Crippen LogP contribution is -2.30. The van der Waals surface area contributed by atoms with Crippen molar-refractivity contribution in [3.05, 3.63) is 146 Å². The van der Waals surface area contributed by atoms with E-state index in [1.165, 1.54) is 0 Å². The monoisotopic (exact) mass is 1050 g/mol. The molecule has 0 aromatic heterocycles. The molecule has 3 unspecified atom stereocenters. The number of allylic oxidation sites excluding steroid dienone is 24. The van der Waals surface area contributed by atoms with Crippen LogP contribution in [0.4, 0.5) is 0 Å². The molecule has 0 radical (unpaired) electrons. The van der Waals surface area contributed by atoms with Crippen LogP contribution >= 0.6 is 7.82 Å². The molecular weight excluding hydrogens is 952 g/mol. The second-order valence-corrected chi connectivity index (χ2v) is 19.1. The van der Waals surface area contributed by atoms with E-state index >= 15 is 0 Å². The average molecular weight is 1050 g/mol. The molecule has 0 saturated heterocycles. The van der Waals surface area contributed by atoms with Gasteiger partial charge in [0.2, 0.25) is 0 Å². The van der Waals surface area contributed by atoms with Gasteiger partial charge in [0.15, 0.2) is 6.10 Å². The van der Waals surface area contributed by atoms with Gasteiger partial charge in [-0.3, -0.25) is 23.4 Å². The first-order chi connectivity index (χ1) is 36.2. The van der Waals surface area contributed by atoms with E-state index in [4.69, 9.17) is 23.3 Å². The third-order valence-electron chi connectivity index (χ3n) is 10.8. The van der Waals surface area contributed by atoms with E-state index in [-0.39, 0.29) is 19.3 Å². The number of aliphatic hydroxyl groups excluding tert-OH is 1. The van der Waals surface area contributed by atoms with Crippen LogP contribution in [-0.4, -0.2) is 66.5 Å². The van der Waals surface area contributed by atoms with Gasteiger partial charge in [-0.2, -0.15) is 0 Å². The molecular formula is C62H97O11P. The first-order valence-electron chi connectivity index (χ1n) is 27.7. The van der Waals surface area contributed by atoms with Crippen LogP contribution in [0, 0.1) is 0 Å². The Balaban J connectivity index is 4.91. The summed E-state index contributed by atoms with van der Waals surface area (Å²) in [4.78, 5) is 48.4. The molecule has 0 aromatic rings. The zero-order valence-corrected chi connectivity index (χ0v) is 46.6. The molecule has 0 bridgehead atoms. The minimum Gasteiger partial charge on any atom is -0.462 e. The van der Waals surface area contributed by atoms with Gasteiger partial charge in [0.25, 0.3) is 0 Å². The van der Waals surface area contributed by atoms with Crippen LogP contribution in [0.5, 0.6) is 0 Å². The van der Waals surface area contributed by atoms with Crippen LogP contribution in [0.3, 0.4) is 0 Å². The van der Waals surface area contributed by atoms with E-state index in [2.05, 4.69) is 154 Å². The maximum absolute atomic E-state index is 12.9. The molecule has 0 spiro atoms. The average Bonchev–Trinajstić information content (AvgIpc) is 3.39. The molecule has 11 nitrogen and oxygen atoms in total. The first kappa shape index (κ1) is 69.4. The van der Waals surface area contributed by atoms with E-state index < -0.39 is 64.4 Å². The van der Waals surface area contributed by atoms with E-state index in [1.807, 2.05) is 12.2 Å². The summed E-state index contributed by atoms with van der Waals surface area (Å²) >= 11 is 0. The molecule has 0 aliphatic heterocycles. The fraction of sp³-hybridized carbons (Fsp3) is 0.565. The second kappa shape index (κ2) is 54.6. The van der Waals surface area contributed by atoms with Gasteiger partial charge in [-0.05, 0) is 122 Å². The van der Waals surface area contributed by atoms with Gasteiger partial charge in [-0.25, -0.2) is 4.57 Å². The molecule has 0 amide bonds. The molecule has 0 fully saturated rings. The summed E-state index contributed by atoms with van der Waals surface area (Å²) in [7, 11) is -4.79. The SMILES string of the molecule is CC/C=C\C/C=C\C/C=C\C/C=C\C/C=C\C/C=C\CCC(=O)OC(COC(=O)CCCCC/C=C\C/C=C\C/C=C\CC)COP(=O)(O)OCC(CO)OC(=O)CCCCCCC/C=C\C/C=C\C/C=C\CC. The number of carbonyl (C=O) groups excluding carboxylic acids is 3. The van der Waals surface area contributed by atoms with E-state index in [1.54, 1.807) is 0 Å². The third kappa shape index (κ3) is 52.2. The molecule has 416 valence electrons. The molecule has 0 aromatic carbocycles. The molecule has 74 heavy (non-hydrogen) atoms. The fourth-order valence-electron chi connectivity index (χ4n) is 6.64. The fourth-order valence-corrected chi connectivity index (χ4v) is 7.43. The Bertz CT molecular complexity index is 1800. The maximum atomic E-state index is 12.9. The minimum absolute atomic E-state index is 0.0260. The van der Waals surface area contributed by atoms with Crippen LogP contribution in [0.15, 0.2) is 146 Å². The Labute approximate surface area is 448 Å². The summed E-state index contributed by atoms with van der Waals surface area (Å²) in [6.07, 6.45) is 69.7. The lowest BCUT2D eigenvalue weighted by Gasteiger charge is -2.21. The lowest BCUT2D eigenvalue weighted by atomic mass is 10.1. The molecule has 3 atom stereocenters. The quantitative estimate of drug-likeness (QED) is 0.0197. The molecule has 0 rings (SSSR count). The Hall–Kier alpha value is -4.64. The van der Waals surface area contributed by atoms with Crippen molar-refractivity contribution in [1.29, 1.82) is 0 Å². The van der Waals surface area contributed by atoms with Crippen LogP contribution in [0.1, 0.15) is 188 Å². The van der Waals surface area contributed by atoms with Crippen molar-refractivity contribution >= 4 is 25.7 Å². The number of unbranched alkanes of at least 4 members (excludes halogenated alkanes) is 8. The standard InChI is InChI=1S/C62H97O11P/c1-4-7-10-13-16-19-22-25-27-28-29-30-32-35-38-41-44-47-50-53-62(66)73-59(55-69-60(64)51-48-45-42-39-36-33-24-21-18-15-12-9-6-3)57-71-74(67,68)70-56-58(54-63)72-61(65)52-49-46-43-40-37-34-31-26-23-20-17-14-11-8-5-2/h7-12,16-21,25-27,29-31,33,35-36,38,44,47,58-59,63H,4-6,13-15,22-24,28,32,34,37,39-43,45-46,48-57H2,1-3H3,(H,67,68)/b10-7-,11-8-,12-9-,19-16-,20-17-,21-18-,27-25-,30-29-,31-26-,36-33-,38-35-,47-44-. The number of esters is 3. The number of carbonyl (C=O) groups is 3. The number of rotatable bonds is 49. The molecule has 12 heteroatoms. The summed E-state index contributed by atoms with van der Waals surface area (Å²) < 4.78 is 39.3.